The van der Waals surface area contributed by atoms with Gasteiger partial charge < -0.3 is 0 Å². The van der Waals surface area contributed by atoms with Gasteiger partial charge in [0.1, 0.15) is 0 Å². The molecule has 1 N–H and O–H groups in total. The first kappa shape index (κ1) is 10.2. The monoisotopic (exact) mass is 157 g/mol. The van der Waals surface area contributed by atoms with Gasteiger partial charge in [-0.05, 0) is 20.3 Å². The van der Waals surface area contributed by atoms with E-state index in [1.807, 2.05) is 13.8 Å². The van der Waals surface area contributed by atoms with Crippen LogP contribution in [0.1, 0.15) is 27.2 Å². The number of hydrogen-bond donors (Lipinski definition) is 1. The van der Waals surface area contributed by atoms with Crippen molar-refractivity contribution in [3.8, 4) is 0 Å². The molecule has 0 saturated carbocycles. The van der Waals surface area contributed by atoms with E-state index in [1.54, 1.807) is 6.92 Å². The topological polar surface area (TPSA) is 38.3 Å². The second-order valence-corrected chi connectivity index (χ2v) is 2.55. The standard InChI is InChI=1S/C8H15NO2/c1-5-7(4)11-9-8(10)6(2)3/h7H,2,5H2,1,3-4H3,(H,9,10). The van der Waals surface area contributed by atoms with E-state index in [1.165, 1.54) is 0 Å². The molecule has 3 nitrogen and oxygen atoms in total. The Balaban J connectivity index is 3.54. The van der Waals surface area contributed by atoms with Crippen LogP contribution in [-0.2, 0) is 9.63 Å². The van der Waals surface area contributed by atoms with E-state index >= 15 is 0 Å². The molecule has 3 heteroatoms. The second kappa shape index (κ2) is 4.91. The molecule has 0 aliphatic heterocycles. The first-order valence-corrected chi connectivity index (χ1v) is 3.69. The number of hydrogen-bond acceptors (Lipinski definition) is 2. The van der Waals surface area contributed by atoms with Crippen molar-refractivity contribution in [3.63, 3.8) is 0 Å². The van der Waals surface area contributed by atoms with Crippen LogP contribution in [0.2, 0.25) is 0 Å². The molecule has 0 bridgehead atoms. The lowest BCUT2D eigenvalue weighted by molar-refractivity contribution is -0.133. The number of rotatable bonds is 4. The Morgan fingerprint density at radius 1 is 1.73 bits per heavy atom. The summed E-state index contributed by atoms with van der Waals surface area (Å²) in [7, 11) is 0. The molecular formula is C8H15NO2. The molecule has 0 aliphatic carbocycles. The van der Waals surface area contributed by atoms with E-state index in [0.717, 1.165) is 6.42 Å². The molecule has 0 aromatic rings. The molecule has 64 valence electrons. The van der Waals surface area contributed by atoms with Crippen LogP contribution in [0.15, 0.2) is 12.2 Å². The zero-order valence-corrected chi connectivity index (χ0v) is 7.31. The third kappa shape index (κ3) is 4.56. The molecule has 0 aromatic heterocycles. The zero-order chi connectivity index (χ0) is 8.85. The summed E-state index contributed by atoms with van der Waals surface area (Å²) in [6.07, 6.45) is 0.925. The molecule has 0 heterocycles. The molecule has 0 spiro atoms. The Bertz CT molecular complexity index is 154. The number of hydroxylamine groups is 1. The summed E-state index contributed by atoms with van der Waals surface area (Å²) < 4.78 is 0. The van der Waals surface area contributed by atoms with Crippen LogP contribution < -0.4 is 5.48 Å². The Morgan fingerprint density at radius 3 is 2.64 bits per heavy atom. The van der Waals surface area contributed by atoms with Crippen molar-refractivity contribution in [1.82, 2.24) is 5.48 Å². The lowest BCUT2D eigenvalue weighted by Gasteiger charge is -2.10. The van der Waals surface area contributed by atoms with Gasteiger partial charge in [0.25, 0.3) is 5.91 Å². The lowest BCUT2D eigenvalue weighted by atomic mass is 10.3. The molecular weight excluding hydrogens is 142 g/mol. The van der Waals surface area contributed by atoms with Crippen LogP contribution >= 0.6 is 0 Å². The highest BCUT2D eigenvalue weighted by molar-refractivity contribution is 5.91. The van der Waals surface area contributed by atoms with Crippen molar-refractivity contribution >= 4 is 5.91 Å². The van der Waals surface area contributed by atoms with Crippen LogP contribution in [0.25, 0.3) is 0 Å². The largest absolute Gasteiger partial charge is 0.270 e. The minimum absolute atomic E-state index is 0.0540. The molecule has 1 atom stereocenters. The third-order valence-electron chi connectivity index (χ3n) is 1.32. The molecule has 0 rings (SSSR count). The van der Waals surface area contributed by atoms with Gasteiger partial charge in [0.2, 0.25) is 0 Å². The maximum absolute atomic E-state index is 10.8. The molecule has 1 unspecified atom stereocenters. The fourth-order valence-electron chi connectivity index (χ4n) is 0.325. The number of amides is 1. The summed E-state index contributed by atoms with van der Waals surface area (Å²) in [5.74, 6) is -0.259. The quantitative estimate of drug-likeness (QED) is 0.495. The van der Waals surface area contributed by atoms with E-state index in [2.05, 4.69) is 12.1 Å². The number of carbonyl (C=O) groups is 1. The van der Waals surface area contributed by atoms with Gasteiger partial charge in [-0.25, -0.2) is 5.48 Å². The van der Waals surface area contributed by atoms with Gasteiger partial charge in [0.15, 0.2) is 0 Å². The minimum Gasteiger partial charge on any atom is -0.270 e. The average molecular weight is 157 g/mol. The minimum atomic E-state index is -0.259. The summed E-state index contributed by atoms with van der Waals surface area (Å²) >= 11 is 0. The normalized spacial score (nSPS) is 12.3. The van der Waals surface area contributed by atoms with Crippen LogP contribution in [-0.4, -0.2) is 12.0 Å². The van der Waals surface area contributed by atoms with E-state index in [4.69, 9.17) is 4.84 Å². The van der Waals surface area contributed by atoms with Gasteiger partial charge in [0.05, 0.1) is 6.10 Å². The zero-order valence-electron chi connectivity index (χ0n) is 7.31. The van der Waals surface area contributed by atoms with Gasteiger partial charge in [-0.15, -0.1) is 0 Å². The Labute approximate surface area is 67.4 Å². The smallest absolute Gasteiger partial charge is 0.269 e. The van der Waals surface area contributed by atoms with Crippen LogP contribution in [0, 0.1) is 0 Å². The highest BCUT2D eigenvalue weighted by Gasteiger charge is 2.03. The van der Waals surface area contributed by atoms with Crippen molar-refractivity contribution < 1.29 is 9.63 Å². The molecule has 0 saturated heterocycles. The fourth-order valence-corrected chi connectivity index (χ4v) is 0.325. The summed E-state index contributed by atoms with van der Waals surface area (Å²) in [5.41, 5.74) is 2.75. The lowest BCUT2D eigenvalue weighted by Crippen LogP contribution is -2.28. The maximum atomic E-state index is 10.8. The first-order valence-electron chi connectivity index (χ1n) is 3.69. The molecule has 0 aliphatic rings. The molecule has 0 fully saturated rings. The maximum Gasteiger partial charge on any atom is 0.269 e. The van der Waals surface area contributed by atoms with Crippen molar-refractivity contribution in [3.05, 3.63) is 12.2 Å². The summed E-state index contributed by atoms with van der Waals surface area (Å²) in [6.45, 7) is 8.97. The van der Waals surface area contributed by atoms with Crippen LogP contribution in [0.3, 0.4) is 0 Å². The predicted octanol–water partition coefficient (Wildman–Crippen LogP) is 1.41. The molecule has 1 amide bonds. The highest BCUT2D eigenvalue weighted by Crippen LogP contribution is 1.93. The van der Waals surface area contributed by atoms with Gasteiger partial charge in [-0.1, -0.05) is 13.5 Å². The summed E-state index contributed by atoms with van der Waals surface area (Å²) in [4.78, 5) is 15.8. The fraction of sp³-hybridized carbons (Fsp3) is 0.625. The van der Waals surface area contributed by atoms with Gasteiger partial charge >= 0.3 is 0 Å². The highest BCUT2D eigenvalue weighted by atomic mass is 16.7. The Kier molecular flexibility index (Phi) is 4.54. The van der Waals surface area contributed by atoms with E-state index in [0.29, 0.717) is 5.57 Å². The summed E-state index contributed by atoms with van der Waals surface area (Å²) in [6, 6.07) is 0. The third-order valence-corrected chi connectivity index (χ3v) is 1.32. The van der Waals surface area contributed by atoms with Crippen molar-refractivity contribution in [1.29, 1.82) is 0 Å². The van der Waals surface area contributed by atoms with Gasteiger partial charge in [0, 0.05) is 5.57 Å². The van der Waals surface area contributed by atoms with Crippen molar-refractivity contribution in [2.75, 3.05) is 0 Å². The molecule has 0 aromatic carbocycles. The first-order chi connectivity index (χ1) is 5.07. The number of carbonyl (C=O) groups excluding carboxylic acids is 1. The van der Waals surface area contributed by atoms with Gasteiger partial charge in [-0.3, -0.25) is 9.63 Å². The van der Waals surface area contributed by atoms with Gasteiger partial charge in [-0.2, -0.15) is 0 Å². The Hall–Kier alpha value is -0.830. The molecule has 0 radical (unpaired) electrons. The van der Waals surface area contributed by atoms with E-state index in [9.17, 15) is 4.79 Å². The Morgan fingerprint density at radius 2 is 2.27 bits per heavy atom. The summed E-state index contributed by atoms with van der Waals surface area (Å²) in [5, 5.41) is 0. The van der Waals surface area contributed by atoms with Crippen molar-refractivity contribution in [2.45, 2.75) is 33.3 Å². The van der Waals surface area contributed by atoms with E-state index < -0.39 is 0 Å². The average Bonchev–Trinajstić information content (AvgIpc) is 1.99. The van der Waals surface area contributed by atoms with Crippen LogP contribution in [0.4, 0.5) is 0 Å². The van der Waals surface area contributed by atoms with Crippen molar-refractivity contribution in [2.24, 2.45) is 0 Å². The van der Waals surface area contributed by atoms with E-state index in [-0.39, 0.29) is 12.0 Å². The number of nitrogens with one attached hydrogen (secondary N) is 1. The SMILES string of the molecule is C=C(C)C(=O)NOC(C)CC. The predicted molar refractivity (Wildman–Crippen MR) is 43.8 cm³/mol. The second-order valence-electron chi connectivity index (χ2n) is 2.55. The molecule has 11 heavy (non-hydrogen) atoms. The van der Waals surface area contributed by atoms with Crippen LogP contribution in [0.5, 0.6) is 0 Å².